The number of nitrogens with two attached hydrogens (primary N) is 1. The highest BCUT2D eigenvalue weighted by atomic mass is 32.2. The molecule has 0 aromatic heterocycles. The first-order valence-electron chi connectivity index (χ1n) is 7.24. The van der Waals surface area contributed by atoms with Gasteiger partial charge in [0, 0.05) is 12.6 Å². The molecule has 2 unspecified atom stereocenters. The van der Waals surface area contributed by atoms with E-state index in [0.717, 1.165) is 5.56 Å². The summed E-state index contributed by atoms with van der Waals surface area (Å²) in [5, 5.41) is 15.1. The van der Waals surface area contributed by atoms with Crippen LogP contribution in [0.5, 0.6) is 0 Å². The SMILES string of the molecule is CC(C)OCC(O)CN(C)C(C)c1cccc(S(N)(=O)=O)c1. The molecule has 6 nitrogen and oxygen atoms in total. The van der Waals surface area contributed by atoms with Gasteiger partial charge in [-0.3, -0.25) is 4.90 Å². The molecule has 3 N–H and O–H groups in total. The molecule has 0 fully saturated rings. The van der Waals surface area contributed by atoms with Gasteiger partial charge >= 0.3 is 0 Å². The van der Waals surface area contributed by atoms with Crippen molar-refractivity contribution in [2.75, 3.05) is 20.2 Å². The summed E-state index contributed by atoms with van der Waals surface area (Å²) in [6.07, 6.45) is -0.528. The molecule has 2 atom stereocenters. The van der Waals surface area contributed by atoms with Gasteiger partial charge < -0.3 is 9.84 Å². The molecule has 0 aliphatic carbocycles. The molecule has 1 aromatic rings. The molecule has 0 radical (unpaired) electrons. The molecule has 1 rings (SSSR count). The van der Waals surface area contributed by atoms with Crippen LogP contribution >= 0.6 is 0 Å². The van der Waals surface area contributed by atoms with Gasteiger partial charge in [-0.05, 0) is 45.5 Å². The predicted octanol–water partition coefficient (Wildman–Crippen LogP) is 1.11. The van der Waals surface area contributed by atoms with E-state index in [1.807, 2.05) is 38.8 Å². The van der Waals surface area contributed by atoms with Crippen molar-refractivity contribution >= 4 is 10.0 Å². The second kappa shape index (κ2) is 8.03. The first-order chi connectivity index (χ1) is 10.1. The Balaban J connectivity index is 2.72. The van der Waals surface area contributed by atoms with Crippen LogP contribution in [0.25, 0.3) is 0 Å². The number of benzene rings is 1. The van der Waals surface area contributed by atoms with Crippen LogP contribution in [0.1, 0.15) is 32.4 Å². The Labute approximate surface area is 132 Å². The summed E-state index contributed by atoms with van der Waals surface area (Å²) in [4.78, 5) is 2.03. The summed E-state index contributed by atoms with van der Waals surface area (Å²) < 4.78 is 28.2. The van der Waals surface area contributed by atoms with Crippen molar-refractivity contribution in [1.29, 1.82) is 0 Å². The van der Waals surface area contributed by atoms with E-state index in [-0.39, 0.29) is 23.6 Å². The van der Waals surface area contributed by atoms with Crippen molar-refractivity contribution in [3.8, 4) is 0 Å². The van der Waals surface area contributed by atoms with Crippen LogP contribution in [0.15, 0.2) is 29.2 Å². The first kappa shape index (κ1) is 19.1. The molecule has 0 aliphatic rings. The zero-order valence-electron chi connectivity index (χ0n) is 13.6. The van der Waals surface area contributed by atoms with Gasteiger partial charge in [0.2, 0.25) is 10.0 Å². The summed E-state index contributed by atoms with van der Waals surface area (Å²) >= 11 is 0. The number of sulfonamides is 1. The van der Waals surface area contributed by atoms with Crippen molar-refractivity contribution in [2.24, 2.45) is 5.14 Å². The van der Waals surface area contributed by atoms with Crippen LogP contribution in [0, 0.1) is 0 Å². The maximum absolute atomic E-state index is 11.4. The number of primary sulfonamides is 1. The molecule has 0 spiro atoms. The standard InChI is InChI=1S/C15H26N2O4S/c1-11(2)21-10-14(18)9-17(4)12(3)13-6-5-7-15(8-13)22(16,19)20/h5-8,11-12,14,18H,9-10H2,1-4H3,(H2,16,19,20). The smallest absolute Gasteiger partial charge is 0.238 e. The van der Waals surface area contributed by atoms with Gasteiger partial charge in [-0.1, -0.05) is 12.1 Å². The number of nitrogens with zero attached hydrogens (tertiary/aromatic N) is 1. The van der Waals surface area contributed by atoms with Crippen molar-refractivity contribution in [3.63, 3.8) is 0 Å². The molecule has 0 saturated carbocycles. The van der Waals surface area contributed by atoms with Crippen molar-refractivity contribution in [2.45, 2.75) is 43.9 Å². The Morgan fingerprint density at radius 1 is 1.32 bits per heavy atom. The van der Waals surface area contributed by atoms with Crippen LogP contribution in [-0.2, 0) is 14.8 Å². The number of aliphatic hydroxyl groups excluding tert-OH is 1. The molecular weight excluding hydrogens is 304 g/mol. The Hall–Kier alpha value is -0.990. The minimum Gasteiger partial charge on any atom is -0.389 e. The maximum Gasteiger partial charge on any atom is 0.238 e. The van der Waals surface area contributed by atoms with Crippen LogP contribution in [0.4, 0.5) is 0 Å². The lowest BCUT2D eigenvalue weighted by Crippen LogP contribution is -2.34. The minimum absolute atomic E-state index is 0.0598. The maximum atomic E-state index is 11.4. The van der Waals surface area contributed by atoms with Crippen molar-refractivity contribution in [1.82, 2.24) is 4.90 Å². The zero-order valence-corrected chi connectivity index (χ0v) is 14.4. The Kier molecular flexibility index (Phi) is 6.96. The predicted molar refractivity (Wildman–Crippen MR) is 86.0 cm³/mol. The molecule has 0 bridgehead atoms. The molecule has 126 valence electrons. The third-order valence-corrected chi connectivity index (χ3v) is 4.36. The van der Waals surface area contributed by atoms with Crippen LogP contribution < -0.4 is 5.14 Å². The van der Waals surface area contributed by atoms with E-state index >= 15 is 0 Å². The Bertz CT molecular complexity index is 575. The molecule has 0 aliphatic heterocycles. The number of aliphatic hydroxyl groups is 1. The van der Waals surface area contributed by atoms with Crippen LogP contribution in [0.2, 0.25) is 0 Å². The summed E-state index contributed by atoms with van der Waals surface area (Å²) in [6.45, 7) is 6.47. The molecule has 7 heteroatoms. The zero-order chi connectivity index (χ0) is 16.9. The van der Waals surface area contributed by atoms with Gasteiger partial charge in [0.05, 0.1) is 23.7 Å². The lowest BCUT2D eigenvalue weighted by atomic mass is 10.1. The number of likely N-dealkylation sites (N-methyl/N-ethyl adjacent to an activating group) is 1. The van der Waals surface area contributed by atoms with E-state index in [4.69, 9.17) is 9.88 Å². The number of hydrogen-bond acceptors (Lipinski definition) is 5. The number of ether oxygens (including phenoxy) is 1. The molecule has 0 amide bonds. The lowest BCUT2D eigenvalue weighted by molar-refractivity contribution is -0.00950. The van der Waals surface area contributed by atoms with E-state index in [1.165, 1.54) is 6.07 Å². The van der Waals surface area contributed by atoms with Crippen molar-refractivity contribution < 1.29 is 18.3 Å². The fourth-order valence-electron chi connectivity index (χ4n) is 2.05. The largest absolute Gasteiger partial charge is 0.389 e. The lowest BCUT2D eigenvalue weighted by Gasteiger charge is -2.27. The van der Waals surface area contributed by atoms with E-state index in [9.17, 15) is 13.5 Å². The van der Waals surface area contributed by atoms with E-state index < -0.39 is 16.1 Å². The highest BCUT2D eigenvalue weighted by Crippen LogP contribution is 2.21. The molecule has 22 heavy (non-hydrogen) atoms. The minimum atomic E-state index is -3.71. The van der Waals surface area contributed by atoms with Crippen LogP contribution in [-0.4, -0.2) is 50.8 Å². The second-order valence-electron chi connectivity index (χ2n) is 5.77. The monoisotopic (exact) mass is 330 g/mol. The summed E-state index contributed by atoms with van der Waals surface area (Å²) in [7, 11) is -1.85. The number of rotatable bonds is 8. The van der Waals surface area contributed by atoms with E-state index in [0.29, 0.717) is 6.54 Å². The highest BCUT2D eigenvalue weighted by Gasteiger charge is 2.17. The third-order valence-electron chi connectivity index (χ3n) is 3.45. The van der Waals surface area contributed by atoms with Gasteiger partial charge in [-0.2, -0.15) is 0 Å². The Morgan fingerprint density at radius 3 is 2.50 bits per heavy atom. The average molecular weight is 330 g/mol. The normalized spacial score (nSPS) is 15.3. The molecule has 0 saturated heterocycles. The third kappa shape index (κ3) is 6.02. The van der Waals surface area contributed by atoms with E-state index in [1.54, 1.807) is 12.1 Å². The summed E-state index contributed by atoms with van der Waals surface area (Å²) in [5.41, 5.74) is 0.825. The Morgan fingerprint density at radius 2 is 1.95 bits per heavy atom. The topological polar surface area (TPSA) is 92.9 Å². The molecular formula is C15H26N2O4S. The summed E-state index contributed by atoms with van der Waals surface area (Å²) in [5.74, 6) is 0. The van der Waals surface area contributed by atoms with E-state index in [2.05, 4.69) is 0 Å². The highest BCUT2D eigenvalue weighted by molar-refractivity contribution is 7.89. The first-order valence-corrected chi connectivity index (χ1v) is 8.78. The van der Waals surface area contributed by atoms with Gasteiger partial charge in [0.15, 0.2) is 0 Å². The van der Waals surface area contributed by atoms with Crippen molar-refractivity contribution in [3.05, 3.63) is 29.8 Å². The molecule has 1 aromatic carbocycles. The fourth-order valence-corrected chi connectivity index (χ4v) is 2.62. The van der Waals surface area contributed by atoms with Gasteiger partial charge in [0.25, 0.3) is 0 Å². The average Bonchev–Trinajstić information content (AvgIpc) is 2.43. The van der Waals surface area contributed by atoms with Gasteiger partial charge in [-0.15, -0.1) is 0 Å². The quantitative estimate of drug-likeness (QED) is 0.745. The summed E-state index contributed by atoms with van der Waals surface area (Å²) in [6, 6.07) is 6.48. The molecule has 0 heterocycles. The second-order valence-corrected chi connectivity index (χ2v) is 7.33. The van der Waals surface area contributed by atoms with Crippen LogP contribution in [0.3, 0.4) is 0 Å². The number of hydrogen-bond donors (Lipinski definition) is 2. The van der Waals surface area contributed by atoms with Gasteiger partial charge in [-0.25, -0.2) is 13.6 Å². The fraction of sp³-hybridized carbons (Fsp3) is 0.600. The van der Waals surface area contributed by atoms with Gasteiger partial charge in [0.1, 0.15) is 0 Å².